The minimum absolute atomic E-state index is 1.09. The molecule has 2 heteroatoms. The minimum atomic E-state index is 1.09. The zero-order valence-electron chi connectivity index (χ0n) is 2.90. The van der Waals surface area contributed by atoms with E-state index < -0.39 is 0 Å². The predicted octanol–water partition coefficient (Wildman–Crippen LogP) is 0.442. The lowest BCUT2D eigenvalue weighted by molar-refractivity contribution is 0.912. The second kappa shape index (κ2) is 1.58. The van der Waals surface area contributed by atoms with E-state index in [9.17, 15) is 0 Å². The van der Waals surface area contributed by atoms with Gasteiger partial charge in [0.1, 0.15) is 0 Å². The molecule has 0 aromatic rings. The molecule has 1 fully saturated rings. The predicted molar refractivity (Wildman–Crippen MR) is 24.8 cm³/mol. The van der Waals surface area contributed by atoms with Crippen LogP contribution < -0.4 is 5.32 Å². The van der Waals surface area contributed by atoms with E-state index in [2.05, 4.69) is 11.1 Å². The highest BCUT2D eigenvalue weighted by molar-refractivity contribution is 8.01. The van der Waals surface area contributed by atoms with Crippen LogP contribution in [0.3, 0.4) is 0 Å². The second-order valence-electron chi connectivity index (χ2n) is 0.932. The van der Waals surface area contributed by atoms with E-state index in [1.54, 1.807) is 0 Å². The smallest absolute Gasteiger partial charge is 0.159 e. The Labute approximate surface area is 36.1 Å². The molecule has 0 spiro atoms. The first-order valence-electron chi connectivity index (χ1n) is 1.64. The molecule has 5 heavy (non-hydrogen) atoms. The van der Waals surface area contributed by atoms with Gasteiger partial charge in [-0.25, -0.2) is 0 Å². The second-order valence-corrected chi connectivity index (χ2v) is 1.89. The van der Waals surface area contributed by atoms with Gasteiger partial charge in [-0.1, -0.05) is 0 Å². The summed E-state index contributed by atoms with van der Waals surface area (Å²) in [5, 5.41) is 3.13. The zero-order valence-corrected chi connectivity index (χ0v) is 3.72. The van der Waals surface area contributed by atoms with E-state index in [0.29, 0.717) is 0 Å². The lowest BCUT2D eigenvalue weighted by Crippen LogP contribution is -2.03. The fourth-order valence-corrected chi connectivity index (χ4v) is 0.884. The first-order valence-corrected chi connectivity index (χ1v) is 2.69. The van der Waals surface area contributed by atoms with Gasteiger partial charge in [-0.05, 0) is 0 Å². The molecule has 1 nitrogen and oxygen atoms in total. The van der Waals surface area contributed by atoms with Crippen molar-refractivity contribution >= 4 is 11.8 Å². The molecule has 0 atom stereocenters. The first kappa shape index (κ1) is 3.37. The molecule has 0 radical (unpaired) electrons. The third kappa shape index (κ3) is 0.740. The average Bonchev–Trinajstić information content (AvgIpc) is 1.76. The van der Waals surface area contributed by atoms with Crippen molar-refractivity contribution in [2.24, 2.45) is 0 Å². The molecule has 1 heterocycles. The summed E-state index contributed by atoms with van der Waals surface area (Å²) in [7, 11) is 0. The van der Waals surface area contributed by atoms with Crippen LogP contribution in [0.4, 0.5) is 0 Å². The van der Waals surface area contributed by atoms with Gasteiger partial charge in [-0.2, -0.15) is 0 Å². The van der Waals surface area contributed by atoms with Gasteiger partial charge in [0, 0.05) is 0 Å². The third-order valence-electron chi connectivity index (χ3n) is 0.531. The van der Waals surface area contributed by atoms with E-state index in [1.807, 2.05) is 11.8 Å². The van der Waals surface area contributed by atoms with Gasteiger partial charge in [0.25, 0.3) is 0 Å². The largest absolute Gasteiger partial charge is 0.265 e. The Balaban J connectivity index is 2.08. The van der Waals surface area contributed by atoms with Gasteiger partial charge in [0.05, 0.1) is 17.6 Å². The lowest BCUT2D eigenvalue weighted by Gasteiger charge is -1.67. The van der Waals surface area contributed by atoms with Gasteiger partial charge in [0.2, 0.25) is 0 Å². The van der Waals surface area contributed by atoms with Crippen LogP contribution in [0.1, 0.15) is 0 Å². The summed E-state index contributed by atoms with van der Waals surface area (Å²) in [6, 6.07) is 0. The highest BCUT2D eigenvalue weighted by Crippen LogP contribution is 2.05. The van der Waals surface area contributed by atoms with E-state index in [0.717, 1.165) is 12.4 Å². The fourth-order valence-electron chi connectivity index (χ4n) is 0.295. The van der Waals surface area contributed by atoms with Crippen molar-refractivity contribution in [2.45, 2.75) is 0 Å². The van der Waals surface area contributed by atoms with E-state index in [1.165, 1.54) is 0 Å². The molecular weight excluding hydrogens is 82.1 g/mol. The molecule has 1 aliphatic heterocycles. The minimum Gasteiger partial charge on any atom is -0.265 e. The summed E-state index contributed by atoms with van der Waals surface area (Å²) in [5.74, 6) is 3.28. The van der Waals surface area contributed by atoms with Crippen molar-refractivity contribution < 1.29 is 0 Å². The lowest BCUT2D eigenvalue weighted by atomic mass is 10.8. The fraction of sp³-hybridized carbons (Fsp3) is 0.667. The van der Waals surface area contributed by atoms with Crippen molar-refractivity contribution in [1.82, 2.24) is 5.32 Å². The highest BCUT2D eigenvalue weighted by Gasteiger charge is 2.06. The van der Waals surface area contributed by atoms with Crippen LogP contribution in [0.2, 0.25) is 0 Å². The van der Waals surface area contributed by atoms with Crippen molar-refractivity contribution in [3.8, 4) is 0 Å². The molecule has 0 amide bonds. The average molecular weight is 88.2 g/mol. The third-order valence-corrected chi connectivity index (χ3v) is 1.30. The molecule has 0 aromatic heterocycles. The maximum atomic E-state index is 3.13. The summed E-state index contributed by atoms with van der Waals surface area (Å²) in [5.41, 5.74) is 0. The maximum absolute atomic E-state index is 3.13. The van der Waals surface area contributed by atoms with Crippen molar-refractivity contribution in [2.75, 3.05) is 12.4 Å². The molecule has 1 saturated heterocycles. The molecule has 0 bridgehead atoms. The number of nitrogens with one attached hydrogen (secondary N) is 1. The monoisotopic (exact) mass is 88.0 g/mol. The molecule has 28 valence electrons. The van der Waals surface area contributed by atoms with Crippen molar-refractivity contribution in [3.05, 3.63) is 5.75 Å². The topological polar surface area (TPSA) is 12.0 Å². The van der Waals surface area contributed by atoms with Gasteiger partial charge >= 0.3 is 0 Å². The number of thioether (sulfide) groups is 1. The first-order chi connectivity index (χ1) is 2.50. The summed E-state index contributed by atoms with van der Waals surface area (Å²) < 4.78 is 0. The highest BCUT2D eigenvalue weighted by atomic mass is 32.2. The zero-order chi connectivity index (χ0) is 3.54. The number of hydrogen-bond donors (Lipinski definition) is 1. The van der Waals surface area contributed by atoms with Crippen LogP contribution in [0.25, 0.3) is 0 Å². The van der Waals surface area contributed by atoms with Crippen LogP contribution in [0.15, 0.2) is 0 Å². The van der Waals surface area contributed by atoms with Gasteiger partial charge in [0.15, 0.2) is 12.3 Å². The molecule has 1 N–H and O–H groups in total. The van der Waals surface area contributed by atoms with E-state index in [-0.39, 0.29) is 0 Å². The molecule has 1 aliphatic rings. The Morgan fingerprint density at radius 2 is 2.80 bits per heavy atom. The van der Waals surface area contributed by atoms with Crippen LogP contribution in [0.5, 0.6) is 0 Å². The summed E-state index contributed by atoms with van der Waals surface area (Å²) in [6.45, 7) is 1.09. The maximum Gasteiger partial charge on any atom is 0.159 e. The Bertz CT molecular complexity index is 18.5. The van der Waals surface area contributed by atoms with Gasteiger partial charge < -0.3 is 0 Å². The number of hydrogen-bond acceptors (Lipinski definition) is 2. The van der Waals surface area contributed by atoms with Crippen LogP contribution in [0, 0.1) is 5.75 Å². The van der Waals surface area contributed by atoms with Gasteiger partial charge in [-0.3, -0.25) is 5.32 Å². The summed E-state index contributed by atoms with van der Waals surface area (Å²) in [6.07, 6.45) is 0. The number of rotatable bonds is 0. The van der Waals surface area contributed by atoms with Crippen LogP contribution >= 0.6 is 11.8 Å². The van der Waals surface area contributed by atoms with Crippen molar-refractivity contribution in [3.63, 3.8) is 0 Å². The normalized spacial score (nSPS) is 22.4. The Morgan fingerprint density at radius 3 is 3.00 bits per heavy atom. The van der Waals surface area contributed by atoms with Gasteiger partial charge in [-0.15, -0.1) is 0 Å². The molecule has 0 aliphatic carbocycles. The van der Waals surface area contributed by atoms with E-state index in [4.69, 9.17) is 0 Å². The summed E-state index contributed by atoms with van der Waals surface area (Å²) >= 11 is 1.84. The summed E-state index contributed by atoms with van der Waals surface area (Å²) in [4.78, 5) is 0. The van der Waals surface area contributed by atoms with Crippen LogP contribution in [-0.4, -0.2) is 12.4 Å². The molecule has 0 aromatic carbocycles. The Hall–Kier alpha value is 0.180. The SMILES string of the molecule is [CH+]1CNCS1. The molecule has 1 rings (SSSR count). The quantitative estimate of drug-likeness (QED) is 0.431. The Kier molecular flexibility index (Phi) is 1.06. The molecule has 0 unspecified atom stereocenters. The molecular formula is C3H6NS+. The Morgan fingerprint density at radius 1 is 1.80 bits per heavy atom. The molecule has 0 saturated carbocycles. The van der Waals surface area contributed by atoms with E-state index >= 15 is 0 Å². The van der Waals surface area contributed by atoms with Crippen molar-refractivity contribution in [1.29, 1.82) is 0 Å². The van der Waals surface area contributed by atoms with Crippen LogP contribution in [-0.2, 0) is 0 Å². The standard InChI is InChI=1S/C3H6NS/c1-2-5-3-4-1/h2,4H,1,3H2/q+1.